The summed E-state index contributed by atoms with van der Waals surface area (Å²) in [6, 6.07) is 0. The fraction of sp³-hybridized carbons (Fsp3) is 0.250. The van der Waals surface area contributed by atoms with Crippen molar-refractivity contribution in [3.63, 3.8) is 0 Å². The molecular formula is C8H7BrO3. The van der Waals surface area contributed by atoms with Crippen LogP contribution in [0.4, 0.5) is 0 Å². The summed E-state index contributed by atoms with van der Waals surface area (Å²) in [7, 11) is 0. The molecule has 0 radical (unpaired) electrons. The molecule has 12 heavy (non-hydrogen) atoms. The number of hydrogen-bond acceptors (Lipinski definition) is 2. The number of carboxylic acid groups (broad SMARTS) is 1. The van der Waals surface area contributed by atoms with E-state index in [0.29, 0.717) is 12.0 Å². The molecule has 1 unspecified atom stereocenters. The van der Waals surface area contributed by atoms with E-state index in [1.807, 2.05) is 6.08 Å². The Hall–Kier alpha value is -0.900. The second kappa shape index (κ2) is 3.67. The summed E-state index contributed by atoms with van der Waals surface area (Å²) in [5.74, 6) is -2.23. The Morgan fingerprint density at radius 2 is 2.25 bits per heavy atom. The molecule has 64 valence electrons. The molecule has 0 spiro atoms. The number of hydrogen-bond donors (Lipinski definition) is 1. The number of Topliss-reactive ketones (excluding diaryl/α,β-unsaturated/α-hetero) is 1. The first-order valence-corrected chi connectivity index (χ1v) is 4.33. The van der Waals surface area contributed by atoms with E-state index in [1.54, 1.807) is 6.08 Å². The Labute approximate surface area is 77.9 Å². The second-order valence-electron chi connectivity index (χ2n) is 2.39. The van der Waals surface area contributed by atoms with E-state index in [4.69, 9.17) is 5.11 Å². The predicted molar refractivity (Wildman–Crippen MR) is 47.2 cm³/mol. The van der Waals surface area contributed by atoms with Gasteiger partial charge in [-0.25, -0.2) is 4.79 Å². The molecule has 0 saturated carbocycles. The second-order valence-corrected chi connectivity index (χ2v) is 3.49. The predicted octanol–water partition coefficient (Wildman–Crippen LogP) is 1.29. The van der Waals surface area contributed by atoms with Crippen LogP contribution in [0.1, 0.15) is 6.42 Å². The maximum Gasteiger partial charge on any atom is 0.376 e. The van der Waals surface area contributed by atoms with E-state index in [0.717, 1.165) is 0 Å². The van der Waals surface area contributed by atoms with Crippen molar-refractivity contribution in [1.29, 1.82) is 0 Å². The minimum atomic E-state index is -1.40. The molecule has 4 heteroatoms. The molecule has 0 saturated heterocycles. The van der Waals surface area contributed by atoms with Crippen LogP contribution in [0.5, 0.6) is 0 Å². The Morgan fingerprint density at radius 1 is 1.58 bits per heavy atom. The van der Waals surface area contributed by atoms with Crippen LogP contribution in [0, 0.1) is 0 Å². The number of rotatable bonds is 2. The molecule has 0 heterocycles. The van der Waals surface area contributed by atoms with Crippen LogP contribution in [-0.2, 0) is 9.59 Å². The molecule has 1 aliphatic rings. The van der Waals surface area contributed by atoms with Crippen LogP contribution in [0.25, 0.3) is 0 Å². The van der Waals surface area contributed by atoms with Crippen LogP contribution < -0.4 is 0 Å². The molecule has 1 rings (SSSR count). The topological polar surface area (TPSA) is 54.4 Å². The van der Waals surface area contributed by atoms with Gasteiger partial charge in [0, 0.05) is 10.4 Å². The van der Waals surface area contributed by atoms with Crippen molar-refractivity contribution < 1.29 is 14.7 Å². The summed E-state index contributed by atoms with van der Waals surface area (Å²) in [6.45, 7) is 0. The van der Waals surface area contributed by atoms with Gasteiger partial charge in [-0.1, -0.05) is 34.2 Å². The number of alkyl halides is 1. The molecule has 0 fully saturated rings. The highest BCUT2D eigenvalue weighted by atomic mass is 79.9. The van der Waals surface area contributed by atoms with Gasteiger partial charge in [0.1, 0.15) is 0 Å². The summed E-state index contributed by atoms with van der Waals surface area (Å²) in [4.78, 5) is 21.1. The number of aliphatic carboxylic acids is 1. The van der Waals surface area contributed by atoms with E-state index >= 15 is 0 Å². The monoisotopic (exact) mass is 230 g/mol. The van der Waals surface area contributed by atoms with Gasteiger partial charge >= 0.3 is 5.97 Å². The zero-order valence-electron chi connectivity index (χ0n) is 6.16. The number of carbonyl (C=O) groups is 2. The van der Waals surface area contributed by atoms with Crippen LogP contribution in [0.3, 0.4) is 0 Å². The van der Waals surface area contributed by atoms with Crippen LogP contribution in [-0.4, -0.2) is 21.7 Å². The fourth-order valence-corrected chi connectivity index (χ4v) is 1.52. The summed E-state index contributed by atoms with van der Waals surface area (Å²) in [6.07, 6.45) is 5.75. The Kier molecular flexibility index (Phi) is 2.81. The molecule has 1 aliphatic carbocycles. The van der Waals surface area contributed by atoms with Gasteiger partial charge in [0.2, 0.25) is 0 Å². The van der Waals surface area contributed by atoms with Gasteiger partial charge in [-0.15, -0.1) is 0 Å². The summed E-state index contributed by atoms with van der Waals surface area (Å²) < 4.78 is 0. The summed E-state index contributed by atoms with van der Waals surface area (Å²) >= 11 is 3.22. The average molecular weight is 231 g/mol. The Balaban J connectivity index is 2.86. The first kappa shape index (κ1) is 9.19. The summed E-state index contributed by atoms with van der Waals surface area (Å²) in [5, 5.41) is 8.42. The molecule has 1 N–H and O–H groups in total. The molecule has 1 atom stereocenters. The van der Waals surface area contributed by atoms with Gasteiger partial charge in [-0.2, -0.15) is 0 Å². The maximum atomic E-state index is 11.0. The molecule has 0 aromatic heterocycles. The molecule has 0 aromatic rings. The lowest BCUT2D eigenvalue weighted by atomic mass is 10.0. The van der Waals surface area contributed by atoms with Crippen molar-refractivity contribution in [2.45, 2.75) is 11.2 Å². The zero-order valence-corrected chi connectivity index (χ0v) is 7.74. The third-order valence-electron chi connectivity index (χ3n) is 1.55. The van der Waals surface area contributed by atoms with Gasteiger partial charge < -0.3 is 5.11 Å². The zero-order chi connectivity index (χ0) is 9.14. The SMILES string of the molecule is O=C(O)C(=O)C1=CC=CCC1Br. The van der Waals surface area contributed by atoms with Gasteiger partial charge in [-0.3, -0.25) is 4.79 Å². The van der Waals surface area contributed by atoms with Crippen LogP contribution in [0.15, 0.2) is 23.8 Å². The lowest BCUT2D eigenvalue weighted by Gasteiger charge is -2.11. The van der Waals surface area contributed by atoms with Gasteiger partial charge in [0.05, 0.1) is 0 Å². The highest BCUT2D eigenvalue weighted by molar-refractivity contribution is 9.09. The third-order valence-corrected chi connectivity index (χ3v) is 2.42. The molecule has 0 amide bonds. The quantitative estimate of drug-likeness (QED) is 0.575. The van der Waals surface area contributed by atoms with Crippen LogP contribution >= 0.6 is 15.9 Å². The Morgan fingerprint density at radius 3 is 2.75 bits per heavy atom. The number of allylic oxidation sites excluding steroid dienone is 3. The minimum Gasteiger partial charge on any atom is -0.475 e. The van der Waals surface area contributed by atoms with Crippen molar-refractivity contribution >= 4 is 27.7 Å². The van der Waals surface area contributed by atoms with Crippen molar-refractivity contribution in [3.05, 3.63) is 23.8 Å². The molecule has 3 nitrogen and oxygen atoms in total. The normalized spacial score (nSPS) is 21.8. The van der Waals surface area contributed by atoms with Crippen molar-refractivity contribution in [3.8, 4) is 0 Å². The molecular weight excluding hydrogens is 224 g/mol. The molecule has 0 bridgehead atoms. The van der Waals surface area contributed by atoms with Gasteiger partial charge in [-0.05, 0) is 6.42 Å². The Bertz CT molecular complexity index is 278. The fourth-order valence-electron chi connectivity index (χ4n) is 0.943. The largest absolute Gasteiger partial charge is 0.475 e. The highest BCUT2D eigenvalue weighted by Crippen LogP contribution is 2.21. The molecule has 0 aliphatic heterocycles. The number of carboxylic acids is 1. The highest BCUT2D eigenvalue weighted by Gasteiger charge is 2.23. The van der Waals surface area contributed by atoms with Crippen molar-refractivity contribution in [2.75, 3.05) is 0 Å². The van der Waals surface area contributed by atoms with Gasteiger partial charge in [0.15, 0.2) is 0 Å². The maximum absolute atomic E-state index is 11.0. The first-order chi connectivity index (χ1) is 5.63. The smallest absolute Gasteiger partial charge is 0.376 e. The number of carbonyl (C=O) groups excluding carboxylic acids is 1. The van der Waals surface area contributed by atoms with Gasteiger partial charge in [0.25, 0.3) is 5.78 Å². The minimum absolute atomic E-state index is 0.161. The van der Waals surface area contributed by atoms with Crippen molar-refractivity contribution in [2.24, 2.45) is 0 Å². The van der Waals surface area contributed by atoms with Crippen molar-refractivity contribution in [1.82, 2.24) is 0 Å². The lowest BCUT2D eigenvalue weighted by molar-refractivity contribution is -0.147. The van der Waals surface area contributed by atoms with E-state index in [-0.39, 0.29) is 4.83 Å². The van der Waals surface area contributed by atoms with E-state index in [2.05, 4.69) is 15.9 Å². The third kappa shape index (κ3) is 1.82. The molecule has 0 aromatic carbocycles. The van der Waals surface area contributed by atoms with E-state index < -0.39 is 11.8 Å². The van der Waals surface area contributed by atoms with Crippen LogP contribution in [0.2, 0.25) is 0 Å². The summed E-state index contributed by atoms with van der Waals surface area (Å²) in [5.41, 5.74) is 0.310. The standard InChI is InChI=1S/C8H7BrO3/c9-6-4-2-1-3-5(6)7(10)8(11)12/h1-3,6H,4H2,(H,11,12). The average Bonchev–Trinajstić information content (AvgIpc) is 2.04. The number of halogens is 1. The van der Waals surface area contributed by atoms with E-state index in [9.17, 15) is 9.59 Å². The lowest BCUT2D eigenvalue weighted by Crippen LogP contribution is -2.21. The number of ketones is 1. The first-order valence-electron chi connectivity index (χ1n) is 3.41. The van der Waals surface area contributed by atoms with E-state index in [1.165, 1.54) is 6.08 Å².